The second-order valence-electron chi connectivity index (χ2n) is 9.18. The lowest BCUT2D eigenvalue weighted by molar-refractivity contribution is -0.117. The van der Waals surface area contributed by atoms with Gasteiger partial charge in [-0.25, -0.2) is 4.79 Å². The number of carbonyl (C=O) groups is 3. The molecule has 0 aromatic heterocycles. The number of amides is 3. The summed E-state index contributed by atoms with van der Waals surface area (Å²) in [7, 11) is 0. The van der Waals surface area contributed by atoms with Gasteiger partial charge in [-0.2, -0.15) is 0 Å². The van der Waals surface area contributed by atoms with Crippen LogP contribution in [0.5, 0.6) is 0 Å². The fourth-order valence-corrected chi connectivity index (χ4v) is 5.08. The van der Waals surface area contributed by atoms with Crippen LogP contribution in [0, 0.1) is 5.92 Å². The molecule has 35 heavy (non-hydrogen) atoms. The van der Waals surface area contributed by atoms with E-state index in [1.165, 1.54) is 11.3 Å². The first kappa shape index (κ1) is 25.3. The lowest BCUT2D eigenvalue weighted by Crippen LogP contribution is -2.34. The van der Waals surface area contributed by atoms with Gasteiger partial charge >= 0.3 is 6.09 Å². The van der Waals surface area contributed by atoms with Gasteiger partial charge in [-0.15, -0.1) is 0 Å². The largest absolute Gasteiger partial charge is 0.442 e. The zero-order valence-electron chi connectivity index (χ0n) is 19.9. The van der Waals surface area contributed by atoms with Gasteiger partial charge in [-0.1, -0.05) is 37.2 Å². The Labute approximate surface area is 214 Å². The van der Waals surface area contributed by atoms with E-state index in [1.807, 2.05) is 32.0 Å². The molecule has 3 amide bonds. The average molecular weight is 517 g/mol. The first-order valence-electron chi connectivity index (χ1n) is 11.8. The number of benzene rings is 1. The number of carbonyl (C=O) groups excluding carboxylic acids is 3. The Kier molecular flexibility index (Phi) is 8.14. The highest BCUT2D eigenvalue weighted by molar-refractivity contribution is 8.09. The second-order valence-corrected chi connectivity index (χ2v) is 10.8. The molecule has 0 saturated carbocycles. The van der Waals surface area contributed by atoms with Crippen molar-refractivity contribution in [3.05, 3.63) is 38.9 Å². The van der Waals surface area contributed by atoms with Crippen LogP contribution in [-0.2, 0) is 14.3 Å². The number of hydrogen-bond donors (Lipinski definition) is 2. The Bertz CT molecular complexity index is 1120. The van der Waals surface area contributed by atoms with Gasteiger partial charge in [0.05, 0.1) is 24.5 Å². The second kappa shape index (κ2) is 11.3. The van der Waals surface area contributed by atoms with E-state index in [0.717, 1.165) is 43.4 Å². The molecule has 0 aliphatic carbocycles. The van der Waals surface area contributed by atoms with Crippen molar-refractivity contribution in [3.63, 3.8) is 0 Å². The standard InChI is InChI=1S/C25H29ClN4O4S/c1-16(2)12-23(31)28-19-13-17(6-7-20(19)29-10-4-3-5-11-29)30-15-18(34-25(30)33)14-27-24(32)21-8-9-22(26)35-21/h6-7,13,16,18H,3-5,10-12,14-15H2,1-2H3,(H,27,32)(H,28,31). The van der Waals surface area contributed by atoms with Gasteiger partial charge in [0.1, 0.15) is 15.4 Å². The van der Waals surface area contributed by atoms with Gasteiger partial charge in [-0.05, 0) is 54.8 Å². The van der Waals surface area contributed by atoms with Gasteiger partial charge in [0, 0.05) is 25.2 Å². The fraction of sp³-hybridized carbons (Fsp3) is 0.480. The molecule has 1 aromatic rings. The van der Waals surface area contributed by atoms with E-state index in [-0.39, 0.29) is 30.8 Å². The Morgan fingerprint density at radius 1 is 1.23 bits per heavy atom. The van der Waals surface area contributed by atoms with Gasteiger partial charge in [0.15, 0.2) is 0 Å². The lowest BCUT2D eigenvalue weighted by Gasteiger charge is -2.31. The quantitative estimate of drug-likeness (QED) is 0.492. The number of cyclic esters (lactones) is 1. The highest BCUT2D eigenvalue weighted by atomic mass is 35.5. The highest BCUT2D eigenvalue weighted by Gasteiger charge is 2.33. The summed E-state index contributed by atoms with van der Waals surface area (Å²) in [6, 6.07) is 5.67. The fourth-order valence-electron chi connectivity index (χ4n) is 4.25. The van der Waals surface area contributed by atoms with E-state index >= 15 is 0 Å². The van der Waals surface area contributed by atoms with Crippen LogP contribution in [0.15, 0.2) is 38.9 Å². The number of rotatable bonds is 8. The predicted molar refractivity (Wildman–Crippen MR) is 139 cm³/mol. The molecule has 3 aliphatic rings. The van der Waals surface area contributed by atoms with Crippen molar-refractivity contribution >= 4 is 58.3 Å². The summed E-state index contributed by atoms with van der Waals surface area (Å²) in [6.07, 6.45) is 2.85. The van der Waals surface area contributed by atoms with Crippen molar-refractivity contribution in [1.82, 2.24) is 5.32 Å². The Balaban J connectivity index is 1.46. The molecule has 1 unspecified atom stereocenters. The molecule has 1 atom stereocenters. The number of anilines is 3. The molecule has 0 radical (unpaired) electrons. The van der Waals surface area contributed by atoms with Crippen molar-refractivity contribution in [2.24, 2.45) is 5.92 Å². The van der Waals surface area contributed by atoms with E-state index < -0.39 is 12.2 Å². The van der Waals surface area contributed by atoms with Crippen LogP contribution < -0.4 is 20.4 Å². The minimum atomic E-state index is -0.508. The van der Waals surface area contributed by atoms with Gasteiger partial charge in [0.2, 0.25) is 5.91 Å². The molecule has 1 aromatic carbocycles. The van der Waals surface area contributed by atoms with E-state index in [2.05, 4.69) is 27.0 Å². The zero-order valence-corrected chi connectivity index (χ0v) is 21.4. The van der Waals surface area contributed by atoms with Crippen LogP contribution in [0.4, 0.5) is 21.9 Å². The van der Waals surface area contributed by atoms with Crippen LogP contribution in [0.25, 0.3) is 0 Å². The minimum Gasteiger partial charge on any atom is -0.442 e. The normalized spacial score (nSPS) is 19.5. The van der Waals surface area contributed by atoms with E-state index in [0.29, 0.717) is 27.1 Å². The molecule has 0 spiro atoms. The number of piperidine rings is 1. The number of nitrogens with zero attached hydrogens (tertiary/aromatic N) is 2. The maximum atomic E-state index is 12.6. The van der Waals surface area contributed by atoms with Crippen LogP contribution in [-0.4, -0.2) is 50.2 Å². The summed E-state index contributed by atoms with van der Waals surface area (Å²) in [6.45, 7) is 6.32. The molecule has 2 saturated heterocycles. The number of nitrogens with one attached hydrogen (secondary N) is 2. The number of thioether (sulfide) groups is 1. The van der Waals surface area contributed by atoms with Crippen LogP contribution in [0.2, 0.25) is 0 Å². The van der Waals surface area contributed by atoms with Crippen molar-refractivity contribution in [1.29, 1.82) is 0 Å². The van der Waals surface area contributed by atoms with Gasteiger partial charge < -0.3 is 20.3 Å². The van der Waals surface area contributed by atoms with Gasteiger partial charge in [-0.3, -0.25) is 14.5 Å². The maximum absolute atomic E-state index is 12.6. The van der Waals surface area contributed by atoms with Crippen molar-refractivity contribution < 1.29 is 19.1 Å². The Morgan fingerprint density at radius 2 is 2.00 bits per heavy atom. The van der Waals surface area contributed by atoms with Crippen LogP contribution >= 0.6 is 23.4 Å². The van der Waals surface area contributed by atoms with E-state index in [1.54, 1.807) is 0 Å². The monoisotopic (exact) mass is 516 g/mol. The summed E-state index contributed by atoms with van der Waals surface area (Å²) in [4.78, 5) is 41.6. The van der Waals surface area contributed by atoms with E-state index in [4.69, 9.17) is 16.3 Å². The number of halogens is 1. The SMILES string of the molecule is CC(C)CC(=O)Nc1cc(N2CC(CNC(=O)C3=C=C=C(Cl)S3)OC2=O)ccc1N1CCCCC1. The molecule has 4 rings (SSSR count). The van der Waals surface area contributed by atoms with Crippen LogP contribution in [0.1, 0.15) is 39.5 Å². The van der Waals surface area contributed by atoms with E-state index in [9.17, 15) is 14.4 Å². The number of hydrogen-bond acceptors (Lipinski definition) is 6. The smallest absolute Gasteiger partial charge is 0.414 e. The Hall–Kier alpha value is -2.83. The van der Waals surface area contributed by atoms with Crippen molar-refractivity contribution in [2.75, 3.05) is 41.3 Å². The first-order chi connectivity index (χ1) is 16.8. The molecule has 3 aliphatic heterocycles. The lowest BCUT2D eigenvalue weighted by atomic mass is 10.1. The summed E-state index contributed by atoms with van der Waals surface area (Å²) in [5, 5.41) is 5.81. The molecule has 10 heteroatoms. The molecule has 0 bridgehead atoms. The zero-order chi connectivity index (χ0) is 24.9. The first-order valence-corrected chi connectivity index (χ1v) is 13.0. The third-order valence-electron chi connectivity index (χ3n) is 5.89. The minimum absolute atomic E-state index is 0.0530. The molecule has 2 fully saturated rings. The third kappa shape index (κ3) is 6.44. The van der Waals surface area contributed by atoms with Gasteiger partial charge in [0.25, 0.3) is 5.91 Å². The molecule has 2 N–H and O–H groups in total. The molecule has 186 valence electrons. The van der Waals surface area contributed by atoms with Crippen LogP contribution in [0.3, 0.4) is 0 Å². The molecule has 8 nitrogen and oxygen atoms in total. The molecular formula is C25H29ClN4O4S. The van der Waals surface area contributed by atoms with Crippen molar-refractivity contribution in [2.45, 2.75) is 45.6 Å². The maximum Gasteiger partial charge on any atom is 0.414 e. The summed E-state index contributed by atoms with van der Waals surface area (Å²) in [5.41, 5.74) is 7.62. The average Bonchev–Trinajstić information content (AvgIpc) is 3.43. The Morgan fingerprint density at radius 3 is 2.69 bits per heavy atom. The predicted octanol–water partition coefficient (Wildman–Crippen LogP) is 4.57. The topological polar surface area (TPSA) is 91.0 Å². The summed E-state index contributed by atoms with van der Waals surface area (Å²) in [5.74, 6) is -0.154. The summed E-state index contributed by atoms with van der Waals surface area (Å²) >= 11 is 6.90. The number of ether oxygens (including phenoxy) is 1. The molecule has 3 heterocycles. The summed E-state index contributed by atoms with van der Waals surface area (Å²) < 4.78 is 5.83. The highest BCUT2D eigenvalue weighted by Crippen LogP contribution is 2.34. The van der Waals surface area contributed by atoms with Crippen molar-refractivity contribution in [3.8, 4) is 0 Å². The molecular weight excluding hydrogens is 488 g/mol. The third-order valence-corrected chi connectivity index (χ3v) is 6.99.